The summed E-state index contributed by atoms with van der Waals surface area (Å²) in [6.07, 6.45) is 6.16. The number of fused-ring (bicyclic) bond motifs is 1. The highest BCUT2D eigenvalue weighted by Gasteiger charge is 2.56. The van der Waals surface area contributed by atoms with E-state index >= 15 is 0 Å². The predicted octanol–water partition coefficient (Wildman–Crippen LogP) is 3.03. The quantitative estimate of drug-likeness (QED) is 0.897. The van der Waals surface area contributed by atoms with Crippen LogP contribution in [0.3, 0.4) is 0 Å². The van der Waals surface area contributed by atoms with Gasteiger partial charge in [-0.2, -0.15) is 5.10 Å². The second-order valence-corrected chi connectivity index (χ2v) is 5.79. The van der Waals surface area contributed by atoms with Crippen molar-refractivity contribution in [3.05, 3.63) is 16.9 Å². The molecule has 0 spiro atoms. The molecule has 1 aromatic heterocycles. The summed E-state index contributed by atoms with van der Waals surface area (Å²) in [5.41, 5.74) is 0.841. The highest BCUT2D eigenvalue weighted by Crippen LogP contribution is 2.62. The van der Waals surface area contributed by atoms with Crippen LogP contribution in [-0.2, 0) is 6.54 Å². The maximum atomic E-state index is 10.5. The topological polar surface area (TPSA) is 38.0 Å². The molecule has 2 fully saturated rings. The average molecular weight is 255 g/mol. The highest BCUT2D eigenvalue weighted by molar-refractivity contribution is 6.31. The first-order valence-corrected chi connectivity index (χ1v) is 7.01. The van der Waals surface area contributed by atoms with Gasteiger partial charge in [0.2, 0.25) is 0 Å². The van der Waals surface area contributed by atoms with Crippen LogP contribution in [0.2, 0.25) is 5.02 Å². The van der Waals surface area contributed by atoms with Crippen molar-refractivity contribution in [2.45, 2.75) is 45.3 Å². The Balaban J connectivity index is 1.81. The van der Waals surface area contributed by atoms with Crippen LogP contribution in [0.5, 0.6) is 0 Å². The molecule has 1 aromatic rings. The highest BCUT2D eigenvalue weighted by atomic mass is 35.5. The van der Waals surface area contributed by atoms with Crippen molar-refractivity contribution in [3.63, 3.8) is 0 Å². The van der Waals surface area contributed by atoms with E-state index in [-0.39, 0.29) is 0 Å². The molecule has 1 heterocycles. The molecule has 0 radical (unpaired) electrons. The van der Waals surface area contributed by atoms with Gasteiger partial charge in [0.05, 0.1) is 16.9 Å². The summed E-state index contributed by atoms with van der Waals surface area (Å²) < 4.78 is 1.88. The van der Waals surface area contributed by atoms with Crippen molar-refractivity contribution < 1.29 is 5.11 Å². The fourth-order valence-corrected chi connectivity index (χ4v) is 3.84. The summed E-state index contributed by atoms with van der Waals surface area (Å²) >= 11 is 6.16. The smallest absolute Gasteiger partial charge is 0.100 e. The summed E-state index contributed by atoms with van der Waals surface area (Å²) in [7, 11) is 0. The number of nitrogens with zero attached hydrogens (tertiary/aromatic N) is 2. The zero-order valence-corrected chi connectivity index (χ0v) is 10.9. The molecule has 17 heavy (non-hydrogen) atoms. The molecular formula is C13H19ClN2O. The molecule has 2 saturated carbocycles. The van der Waals surface area contributed by atoms with E-state index in [1.54, 1.807) is 6.20 Å². The monoisotopic (exact) mass is 254 g/mol. The molecule has 0 saturated heterocycles. The number of aryl methyl sites for hydroxylation is 1. The Bertz CT molecular complexity index is 408. The van der Waals surface area contributed by atoms with E-state index in [0.717, 1.165) is 30.5 Å². The van der Waals surface area contributed by atoms with Crippen molar-refractivity contribution in [2.24, 2.45) is 17.8 Å². The van der Waals surface area contributed by atoms with Gasteiger partial charge in [0, 0.05) is 6.54 Å². The molecule has 0 aromatic carbocycles. The van der Waals surface area contributed by atoms with Crippen LogP contribution in [-0.4, -0.2) is 14.9 Å². The molecule has 2 aliphatic carbocycles. The van der Waals surface area contributed by atoms with Gasteiger partial charge in [0.15, 0.2) is 0 Å². The molecule has 94 valence electrons. The minimum Gasteiger partial charge on any atom is -0.386 e. The fraction of sp³-hybridized carbons (Fsp3) is 0.769. The second kappa shape index (κ2) is 4.29. The molecule has 0 bridgehead atoms. The van der Waals surface area contributed by atoms with Crippen LogP contribution in [0.4, 0.5) is 0 Å². The van der Waals surface area contributed by atoms with Crippen LogP contribution >= 0.6 is 11.6 Å². The number of aliphatic hydroxyl groups is 1. The van der Waals surface area contributed by atoms with Crippen molar-refractivity contribution in [1.29, 1.82) is 0 Å². The molecule has 0 amide bonds. The number of hydrogen-bond donors (Lipinski definition) is 1. The lowest BCUT2D eigenvalue weighted by Gasteiger charge is -2.15. The Morgan fingerprint density at radius 2 is 2.24 bits per heavy atom. The zero-order valence-electron chi connectivity index (χ0n) is 10.1. The standard InChI is InChI=1S/C13H19ClN2O/c1-2-6-16-12(10(14)7-15-16)13(17)11-8-4-3-5-9(8)11/h7-9,11,13,17H,2-6H2,1H3. The molecule has 2 aliphatic rings. The van der Waals surface area contributed by atoms with Gasteiger partial charge in [0.1, 0.15) is 6.10 Å². The lowest BCUT2D eigenvalue weighted by Crippen LogP contribution is -2.13. The van der Waals surface area contributed by atoms with Crippen LogP contribution < -0.4 is 0 Å². The predicted molar refractivity (Wildman–Crippen MR) is 66.8 cm³/mol. The van der Waals surface area contributed by atoms with Crippen molar-refractivity contribution in [1.82, 2.24) is 9.78 Å². The van der Waals surface area contributed by atoms with Crippen LogP contribution in [0, 0.1) is 17.8 Å². The summed E-state index contributed by atoms with van der Waals surface area (Å²) in [5, 5.41) is 15.4. The maximum Gasteiger partial charge on any atom is 0.100 e. The maximum absolute atomic E-state index is 10.5. The van der Waals surface area contributed by atoms with Gasteiger partial charge in [-0.3, -0.25) is 4.68 Å². The average Bonchev–Trinajstić information content (AvgIpc) is 2.66. The van der Waals surface area contributed by atoms with E-state index in [1.807, 2.05) is 4.68 Å². The third kappa shape index (κ3) is 1.80. The van der Waals surface area contributed by atoms with Gasteiger partial charge in [0.25, 0.3) is 0 Å². The molecule has 3 unspecified atom stereocenters. The Morgan fingerprint density at radius 1 is 1.53 bits per heavy atom. The number of aliphatic hydroxyl groups excluding tert-OH is 1. The molecule has 3 atom stereocenters. The zero-order chi connectivity index (χ0) is 12.0. The Kier molecular flexibility index (Phi) is 2.91. The van der Waals surface area contributed by atoms with Crippen LogP contribution in [0.1, 0.15) is 44.4 Å². The summed E-state index contributed by atoms with van der Waals surface area (Å²) in [6.45, 7) is 2.94. The summed E-state index contributed by atoms with van der Waals surface area (Å²) in [4.78, 5) is 0. The van der Waals surface area contributed by atoms with E-state index in [0.29, 0.717) is 10.9 Å². The third-order valence-corrected chi connectivity index (χ3v) is 4.68. The minimum absolute atomic E-state index is 0.410. The van der Waals surface area contributed by atoms with Crippen LogP contribution in [0.15, 0.2) is 6.20 Å². The Morgan fingerprint density at radius 3 is 2.88 bits per heavy atom. The number of halogens is 1. The molecular weight excluding hydrogens is 236 g/mol. The Hall–Kier alpha value is -0.540. The normalized spacial score (nSPS) is 32.5. The molecule has 4 heteroatoms. The first-order valence-electron chi connectivity index (χ1n) is 6.63. The van der Waals surface area contributed by atoms with Crippen LogP contribution in [0.25, 0.3) is 0 Å². The Labute approximate surface area is 107 Å². The van der Waals surface area contributed by atoms with Gasteiger partial charge in [-0.1, -0.05) is 24.9 Å². The first-order chi connectivity index (χ1) is 8.24. The number of hydrogen-bond acceptors (Lipinski definition) is 2. The van der Waals surface area contributed by atoms with Gasteiger partial charge >= 0.3 is 0 Å². The second-order valence-electron chi connectivity index (χ2n) is 5.38. The molecule has 1 N–H and O–H groups in total. The number of rotatable bonds is 4. The van der Waals surface area contributed by atoms with E-state index in [4.69, 9.17) is 11.6 Å². The van der Waals surface area contributed by atoms with E-state index in [9.17, 15) is 5.11 Å². The van der Waals surface area contributed by atoms with E-state index in [1.165, 1.54) is 19.3 Å². The van der Waals surface area contributed by atoms with Gasteiger partial charge in [-0.25, -0.2) is 0 Å². The van der Waals surface area contributed by atoms with Crippen molar-refractivity contribution in [3.8, 4) is 0 Å². The summed E-state index contributed by atoms with van der Waals surface area (Å²) in [5.74, 6) is 1.92. The number of aromatic nitrogens is 2. The van der Waals surface area contributed by atoms with E-state index in [2.05, 4.69) is 12.0 Å². The largest absolute Gasteiger partial charge is 0.386 e. The SMILES string of the molecule is CCCn1ncc(Cl)c1C(O)C1C2CCCC21. The van der Waals surface area contributed by atoms with Crippen molar-refractivity contribution >= 4 is 11.6 Å². The third-order valence-electron chi connectivity index (χ3n) is 4.39. The summed E-state index contributed by atoms with van der Waals surface area (Å²) in [6, 6.07) is 0. The van der Waals surface area contributed by atoms with Gasteiger partial charge in [-0.15, -0.1) is 0 Å². The minimum atomic E-state index is -0.410. The lowest BCUT2D eigenvalue weighted by atomic mass is 10.0. The van der Waals surface area contributed by atoms with Crippen molar-refractivity contribution in [2.75, 3.05) is 0 Å². The fourth-order valence-electron chi connectivity index (χ4n) is 3.58. The molecule has 3 rings (SSSR count). The lowest BCUT2D eigenvalue weighted by molar-refractivity contribution is 0.127. The van der Waals surface area contributed by atoms with E-state index < -0.39 is 6.10 Å². The molecule has 3 nitrogen and oxygen atoms in total. The van der Waals surface area contributed by atoms with Gasteiger partial charge in [-0.05, 0) is 37.0 Å². The first kappa shape index (κ1) is 11.5. The van der Waals surface area contributed by atoms with Gasteiger partial charge < -0.3 is 5.11 Å². The molecule has 0 aliphatic heterocycles.